The van der Waals surface area contributed by atoms with Crippen LogP contribution in [0.3, 0.4) is 0 Å². The van der Waals surface area contributed by atoms with Crippen molar-refractivity contribution in [3.63, 3.8) is 0 Å². The molecule has 0 saturated heterocycles. The minimum absolute atomic E-state index is 1.01. The van der Waals surface area contributed by atoms with Crippen LogP contribution in [0, 0.1) is 10.5 Å². The molecule has 3 heteroatoms. The van der Waals surface area contributed by atoms with Gasteiger partial charge >= 0.3 is 0 Å². The van der Waals surface area contributed by atoms with Gasteiger partial charge in [-0.3, -0.25) is 4.98 Å². The molecule has 0 saturated carbocycles. The third-order valence-corrected chi connectivity index (χ3v) is 3.24. The maximum absolute atomic E-state index is 4.36. The van der Waals surface area contributed by atoms with Gasteiger partial charge in [0.15, 0.2) is 0 Å². The average Bonchev–Trinajstić information content (AvgIpc) is 2.12. The molecule has 2 rings (SSSR count). The number of aryl methyl sites for hydroxylation is 1. The molecule has 2 heterocycles. The zero-order chi connectivity index (χ0) is 8.55. The van der Waals surface area contributed by atoms with Crippen LogP contribution >= 0.6 is 22.6 Å². The number of pyridine rings is 1. The van der Waals surface area contributed by atoms with Crippen molar-refractivity contribution in [2.24, 2.45) is 0 Å². The Balaban J connectivity index is 2.57. The summed E-state index contributed by atoms with van der Waals surface area (Å²) in [6, 6.07) is 0. The van der Waals surface area contributed by atoms with Gasteiger partial charge in [-0.25, -0.2) is 0 Å². The fraction of sp³-hybridized carbons (Fsp3) is 0.444. The van der Waals surface area contributed by atoms with Gasteiger partial charge in [0, 0.05) is 22.0 Å². The second-order valence-electron chi connectivity index (χ2n) is 3.08. The number of hydrogen-bond donors (Lipinski definition) is 1. The van der Waals surface area contributed by atoms with Crippen LogP contribution in [0.4, 0.5) is 0 Å². The van der Waals surface area contributed by atoms with Crippen molar-refractivity contribution in [1.82, 2.24) is 10.3 Å². The highest BCUT2D eigenvalue weighted by atomic mass is 127. The first kappa shape index (κ1) is 8.44. The molecule has 0 spiro atoms. The van der Waals surface area contributed by atoms with Gasteiger partial charge in [-0.1, -0.05) is 0 Å². The Kier molecular flexibility index (Phi) is 2.32. The average molecular weight is 274 g/mol. The molecule has 64 valence electrons. The lowest BCUT2D eigenvalue weighted by atomic mass is 10.0. The molecule has 1 aromatic heterocycles. The predicted octanol–water partition coefficient (Wildman–Crippen LogP) is 1.64. The van der Waals surface area contributed by atoms with Crippen molar-refractivity contribution < 1.29 is 0 Å². The van der Waals surface area contributed by atoms with Crippen LogP contribution in [-0.2, 0) is 13.0 Å². The molecule has 12 heavy (non-hydrogen) atoms. The van der Waals surface area contributed by atoms with E-state index in [1.54, 1.807) is 0 Å². The summed E-state index contributed by atoms with van der Waals surface area (Å²) in [4.78, 5) is 4.36. The van der Waals surface area contributed by atoms with E-state index in [9.17, 15) is 0 Å². The molecule has 0 aliphatic carbocycles. The second-order valence-corrected chi connectivity index (χ2v) is 4.24. The number of halogens is 1. The zero-order valence-corrected chi connectivity index (χ0v) is 9.18. The molecule has 0 aromatic carbocycles. The van der Waals surface area contributed by atoms with Crippen LogP contribution in [0.5, 0.6) is 0 Å². The molecule has 0 fully saturated rings. The Morgan fingerprint density at radius 1 is 1.50 bits per heavy atom. The minimum Gasteiger partial charge on any atom is -0.312 e. The monoisotopic (exact) mass is 274 g/mol. The van der Waals surface area contributed by atoms with Crippen molar-refractivity contribution in [3.8, 4) is 0 Å². The number of fused-ring (bicyclic) bond motifs is 1. The summed E-state index contributed by atoms with van der Waals surface area (Å²) >= 11 is 2.36. The van der Waals surface area contributed by atoms with Crippen LogP contribution in [0.15, 0.2) is 6.20 Å². The van der Waals surface area contributed by atoms with E-state index in [4.69, 9.17) is 0 Å². The first-order valence-corrected chi connectivity index (χ1v) is 5.20. The van der Waals surface area contributed by atoms with Crippen molar-refractivity contribution in [1.29, 1.82) is 0 Å². The van der Waals surface area contributed by atoms with Gasteiger partial charge in [-0.05, 0) is 53.6 Å². The van der Waals surface area contributed by atoms with E-state index in [0.717, 1.165) is 19.5 Å². The first-order chi connectivity index (χ1) is 5.79. The van der Waals surface area contributed by atoms with E-state index in [2.05, 4.69) is 39.8 Å². The SMILES string of the molecule is Cc1ncc(I)c2c1CCNC2. The summed E-state index contributed by atoms with van der Waals surface area (Å²) < 4.78 is 1.29. The van der Waals surface area contributed by atoms with E-state index in [0.29, 0.717) is 0 Å². The highest BCUT2D eigenvalue weighted by Crippen LogP contribution is 2.21. The minimum atomic E-state index is 1.01. The second kappa shape index (κ2) is 3.30. The molecule has 0 amide bonds. The summed E-state index contributed by atoms with van der Waals surface area (Å²) in [5.74, 6) is 0. The Morgan fingerprint density at radius 2 is 2.33 bits per heavy atom. The van der Waals surface area contributed by atoms with Gasteiger partial charge in [0.1, 0.15) is 0 Å². The maximum Gasteiger partial charge on any atom is 0.0409 e. The molecule has 0 radical (unpaired) electrons. The smallest absolute Gasteiger partial charge is 0.0409 e. The Bertz CT molecular complexity index is 279. The van der Waals surface area contributed by atoms with Crippen LogP contribution in [0.25, 0.3) is 0 Å². The molecular formula is C9H11IN2. The van der Waals surface area contributed by atoms with Crippen LogP contribution in [-0.4, -0.2) is 11.5 Å². The van der Waals surface area contributed by atoms with Gasteiger partial charge in [-0.2, -0.15) is 0 Å². The summed E-state index contributed by atoms with van der Waals surface area (Å²) in [6.45, 7) is 4.20. The summed E-state index contributed by atoms with van der Waals surface area (Å²) in [7, 11) is 0. The van der Waals surface area contributed by atoms with Crippen LogP contribution in [0.2, 0.25) is 0 Å². The van der Waals surface area contributed by atoms with Gasteiger partial charge in [0.05, 0.1) is 0 Å². The van der Waals surface area contributed by atoms with Gasteiger partial charge in [0.2, 0.25) is 0 Å². The molecule has 1 aliphatic heterocycles. The largest absolute Gasteiger partial charge is 0.312 e. The van der Waals surface area contributed by atoms with E-state index in [1.165, 1.54) is 20.4 Å². The topological polar surface area (TPSA) is 24.9 Å². The highest BCUT2D eigenvalue weighted by Gasteiger charge is 2.13. The van der Waals surface area contributed by atoms with Crippen LogP contribution in [0.1, 0.15) is 16.8 Å². The number of hydrogen-bond acceptors (Lipinski definition) is 2. The van der Waals surface area contributed by atoms with Gasteiger partial charge < -0.3 is 5.32 Å². The fourth-order valence-electron chi connectivity index (χ4n) is 1.62. The van der Waals surface area contributed by atoms with E-state index >= 15 is 0 Å². The predicted molar refractivity (Wildman–Crippen MR) is 57.1 cm³/mol. The molecule has 1 N–H and O–H groups in total. The van der Waals surface area contributed by atoms with Crippen molar-refractivity contribution in [2.45, 2.75) is 19.9 Å². The summed E-state index contributed by atoms with van der Waals surface area (Å²) in [5.41, 5.74) is 4.11. The molecule has 1 aliphatic rings. The first-order valence-electron chi connectivity index (χ1n) is 4.12. The number of aromatic nitrogens is 1. The number of nitrogens with one attached hydrogen (secondary N) is 1. The number of nitrogens with zero attached hydrogens (tertiary/aromatic N) is 1. The lowest BCUT2D eigenvalue weighted by Crippen LogP contribution is -2.25. The summed E-state index contributed by atoms with van der Waals surface area (Å²) in [6.07, 6.45) is 3.09. The standard InChI is InChI=1S/C9H11IN2/c1-6-7-2-3-11-4-8(7)9(10)5-12-6/h5,11H,2-4H2,1H3. The third kappa shape index (κ3) is 1.35. The molecule has 0 unspecified atom stereocenters. The van der Waals surface area contributed by atoms with Gasteiger partial charge in [0.25, 0.3) is 0 Å². The Hall–Kier alpha value is -0.160. The zero-order valence-electron chi connectivity index (χ0n) is 7.02. The van der Waals surface area contributed by atoms with Gasteiger partial charge in [-0.15, -0.1) is 0 Å². The van der Waals surface area contributed by atoms with E-state index in [-0.39, 0.29) is 0 Å². The van der Waals surface area contributed by atoms with Crippen molar-refractivity contribution in [2.75, 3.05) is 6.54 Å². The Labute approximate surface area is 85.9 Å². The molecule has 0 atom stereocenters. The fourth-order valence-corrected chi connectivity index (χ4v) is 2.28. The third-order valence-electron chi connectivity index (χ3n) is 2.31. The number of rotatable bonds is 0. The maximum atomic E-state index is 4.36. The summed E-state index contributed by atoms with van der Waals surface area (Å²) in [5, 5.41) is 3.38. The van der Waals surface area contributed by atoms with E-state index < -0.39 is 0 Å². The molecule has 1 aromatic rings. The highest BCUT2D eigenvalue weighted by molar-refractivity contribution is 14.1. The molecule has 2 nitrogen and oxygen atoms in total. The normalized spacial score (nSPS) is 15.8. The molecule has 0 bridgehead atoms. The lowest BCUT2D eigenvalue weighted by molar-refractivity contribution is 0.634. The molecular weight excluding hydrogens is 263 g/mol. The van der Waals surface area contributed by atoms with E-state index in [1.807, 2.05) is 6.20 Å². The Morgan fingerprint density at radius 3 is 3.08 bits per heavy atom. The van der Waals surface area contributed by atoms with Crippen molar-refractivity contribution in [3.05, 3.63) is 26.6 Å². The van der Waals surface area contributed by atoms with Crippen LogP contribution < -0.4 is 5.32 Å². The van der Waals surface area contributed by atoms with Crippen molar-refractivity contribution >= 4 is 22.6 Å². The quantitative estimate of drug-likeness (QED) is 0.727. The lowest BCUT2D eigenvalue weighted by Gasteiger charge is -2.19.